The number of hydrogen-bond acceptors (Lipinski definition) is 7. The van der Waals surface area contributed by atoms with Gasteiger partial charge in [0.2, 0.25) is 0 Å². The van der Waals surface area contributed by atoms with Gasteiger partial charge in [-0.1, -0.05) is 0 Å². The van der Waals surface area contributed by atoms with Crippen LogP contribution in [0.1, 0.15) is 0 Å². The molecule has 17 heavy (non-hydrogen) atoms. The monoisotopic (exact) mass is 247 g/mol. The van der Waals surface area contributed by atoms with Crippen molar-refractivity contribution in [3.8, 4) is 0 Å². The van der Waals surface area contributed by atoms with Crippen LogP contribution in [-0.4, -0.2) is 63.9 Å². The number of aliphatic imine (C=N–C) groups is 1. The predicted molar refractivity (Wildman–Crippen MR) is 55.3 cm³/mol. The van der Waals surface area contributed by atoms with E-state index in [9.17, 15) is 14.6 Å². The highest BCUT2D eigenvalue weighted by atomic mass is 19.1. The van der Waals surface area contributed by atoms with Crippen LogP contribution in [0.3, 0.4) is 0 Å². The van der Waals surface area contributed by atoms with Crippen molar-refractivity contribution in [3.05, 3.63) is 12.0 Å². The Labute approximate surface area is 96.6 Å². The number of hydrogen-bond donors (Lipinski definition) is 4. The maximum atomic E-state index is 13.2. The number of ether oxygens (including phenoxy) is 1. The molecular weight excluding hydrogens is 233 g/mol. The van der Waals surface area contributed by atoms with Crippen LogP contribution in [0.15, 0.2) is 17.0 Å². The molecule has 96 valence electrons. The van der Waals surface area contributed by atoms with Gasteiger partial charge in [0.1, 0.15) is 25.0 Å². The molecule has 2 aliphatic rings. The zero-order valence-electron chi connectivity index (χ0n) is 8.90. The second-order valence-electron chi connectivity index (χ2n) is 3.90. The third-order valence-electron chi connectivity index (χ3n) is 2.77. The topological polar surface area (TPSA) is 112 Å². The smallest absolute Gasteiger partial charge is 0.180 e. The lowest BCUT2D eigenvalue weighted by Crippen LogP contribution is -2.43. The van der Waals surface area contributed by atoms with Crippen molar-refractivity contribution in [2.45, 2.75) is 24.5 Å². The van der Waals surface area contributed by atoms with Crippen LogP contribution >= 0.6 is 0 Å². The lowest BCUT2D eigenvalue weighted by molar-refractivity contribution is -0.0797. The Hall–Kier alpha value is -1.22. The molecule has 0 aromatic carbocycles. The highest BCUT2D eigenvalue weighted by Gasteiger charge is 2.45. The van der Waals surface area contributed by atoms with Crippen LogP contribution < -0.4 is 5.73 Å². The van der Waals surface area contributed by atoms with Gasteiger partial charge in [0.15, 0.2) is 17.9 Å². The molecule has 0 bridgehead atoms. The summed E-state index contributed by atoms with van der Waals surface area (Å²) in [5, 5.41) is 28.2. The van der Waals surface area contributed by atoms with Crippen LogP contribution in [0.25, 0.3) is 0 Å². The van der Waals surface area contributed by atoms with E-state index in [0.29, 0.717) is 0 Å². The number of amidine groups is 1. The van der Waals surface area contributed by atoms with Crippen molar-refractivity contribution in [1.29, 1.82) is 0 Å². The van der Waals surface area contributed by atoms with E-state index < -0.39 is 37.0 Å². The summed E-state index contributed by atoms with van der Waals surface area (Å²) in [5.74, 6) is -0.943. The molecule has 0 spiro atoms. The average Bonchev–Trinajstić information content (AvgIpc) is 2.60. The molecular formula is C9H14FN3O4. The molecule has 2 heterocycles. The zero-order valence-corrected chi connectivity index (χ0v) is 8.90. The summed E-state index contributed by atoms with van der Waals surface area (Å²) in [6, 6.07) is 0. The highest BCUT2D eigenvalue weighted by molar-refractivity contribution is 5.95. The van der Waals surface area contributed by atoms with E-state index in [1.54, 1.807) is 0 Å². The molecule has 0 aromatic rings. The van der Waals surface area contributed by atoms with E-state index in [-0.39, 0.29) is 12.5 Å². The molecule has 0 aliphatic carbocycles. The summed E-state index contributed by atoms with van der Waals surface area (Å²) in [5.41, 5.74) is 5.24. The number of nitrogens with zero attached hydrogens (tertiary/aromatic N) is 2. The van der Waals surface area contributed by atoms with E-state index >= 15 is 0 Å². The Balaban J connectivity index is 2.10. The SMILES string of the molecule is NC1=NCN(C2O[C@H](CO)[C@@H](O)[C@H]2O)C=C1F. The molecule has 1 unspecified atom stereocenters. The standard InChI is InChI=1S/C9H14FN3O4/c10-4-1-13(3-12-8(4)11)9-7(16)6(15)5(2-14)17-9/h1,5-7,9,14-16H,2-3H2,(H2,11,12)/t5-,6-,7-,9?/m1/s1. The molecule has 8 heteroatoms. The number of rotatable bonds is 2. The lowest BCUT2D eigenvalue weighted by atomic mass is 10.1. The van der Waals surface area contributed by atoms with Gasteiger partial charge in [0, 0.05) is 6.20 Å². The molecule has 0 aromatic heterocycles. The minimum absolute atomic E-state index is 0.0197. The van der Waals surface area contributed by atoms with E-state index in [2.05, 4.69) is 4.99 Å². The first-order valence-corrected chi connectivity index (χ1v) is 5.10. The van der Waals surface area contributed by atoms with Crippen molar-refractivity contribution < 1.29 is 24.4 Å². The predicted octanol–water partition coefficient (Wildman–Crippen LogP) is -2.13. The van der Waals surface area contributed by atoms with Crippen LogP contribution in [-0.2, 0) is 4.74 Å². The molecule has 2 aliphatic heterocycles. The van der Waals surface area contributed by atoms with Crippen molar-refractivity contribution in [2.24, 2.45) is 10.7 Å². The van der Waals surface area contributed by atoms with E-state index in [0.717, 1.165) is 6.20 Å². The maximum absolute atomic E-state index is 13.2. The van der Waals surface area contributed by atoms with Gasteiger partial charge in [0.25, 0.3) is 0 Å². The second kappa shape index (κ2) is 4.57. The molecule has 0 saturated carbocycles. The van der Waals surface area contributed by atoms with Gasteiger partial charge in [-0.2, -0.15) is 0 Å². The Morgan fingerprint density at radius 2 is 2.24 bits per heavy atom. The van der Waals surface area contributed by atoms with Crippen LogP contribution in [0, 0.1) is 0 Å². The number of halogens is 1. The number of nitrogens with two attached hydrogens (primary N) is 1. The maximum Gasteiger partial charge on any atom is 0.180 e. The third kappa shape index (κ3) is 2.12. The summed E-state index contributed by atoms with van der Waals surface area (Å²) in [7, 11) is 0. The van der Waals surface area contributed by atoms with Gasteiger partial charge in [-0.25, -0.2) is 9.38 Å². The fourth-order valence-corrected chi connectivity index (χ4v) is 1.79. The first-order chi connectivity index (χ1) is 8.04. The van der Waals surface area contributed by atoms with Crippen LogP contribution in [0.2, 0.25) is 0 Å². The summed E-state index contributed by atoms with van der Waals surface area (Å²) in [4.78, 5) is 4.96. The summed E-state index contributed by atoms with van der Waals surface area (Å²) < 4.78 is 18.4. The Morgan fingerprint density at radius 1 is 1.53 bits per heavy atom. The average molecular weight is 247 g/mol. The fraction of sp³-hybridized carbons (Fsp3) is 0.667. The highest BCUT2D eigenvalue weighted by Crippen LogP contribution is 2.25. The molecule has 1 fully saturated rings. The van der Waals surface area contributed by atoms with Crippen molar-refractivity contribution in [2.75, 3.05) is 13.3 Å². The van der Waals surface area contributed by atoms with E-state index in [1.807, 2.05) is 0 Å². The quantitative estimate of drug-likeness (QED) is 0.443. The van der Waals surface area contributed by atoms with Gasteiger partial charge in [-0.05, 0) is 0 Å². The van der Waals surface area contributed by atoms with E-state index in [4.69, 9.17) is 15.6 Å². The van der Waals surface area contributed by atoms with Gasteiger partial charge in [0.05, 0.1) is 6.61 Å². The van der Waals surface area contributed by atoms with Crippen molar-refractivity contribution in [1.82, 2.24) is 4.90 Å². The lowest BCUT2D eigenvalue weighted by Gasteiger charge is -2.29. The molecule has 0 amide bonds. The molecule has 4 atom stereocenters. The molecule has 7 nitrogen and oxygen atoms in total. The Morgan fingerprint density at radius 3 is 2.76 bits per heavy atom. The minimum atomic E-state index is -1.24. The summed E-state index contributed by atoms with van der Waals surface area (Å²) >= 11 is 0. The van der Waals surface area contributed by atoms with Crippen LogP contribution in [0.5, 0.6) is 0 Å². The van der Waals surface area contributed by atoms with Gasteiger partial charge in [-0.3, -0.25) is 0 Å². The summed E-state index contributed by atoms with van der Waals surface area (Å²) in [6.07, 6.45) is -3.25. The first kappa shape index (κ1) is 12.2. The van der Waals surface area contributed by atoms with Gasteiger partial charge >= 0.3 is 0 Å². The second-order valence-corrected chi connectivity index (χ2v) is 3.90. The zero-order chi connectivity index (χ0) is 12.6. The first-order valence-electron chi connectivity index (χ1n) is 5.10. The summed E-state index contributed by atoms with van der Waals surface area (Å²) in [6.45, 7) is -0.411. The van der Waals surface area contributed by atoms with Crippen molar-refractivity contribution in [3.63, 3.8) is 0 Å². The Kier molecular flexibility index (Phi) is 3.29. The largest absolute Gasteiger partial charge is 0.394 e. The number of aliphatic hydroxyl groups excluding tert-OH is 3. The normalized spacial score (nSPS) is 38.0. The Bertz CT molecular complexity index is 362. The molecule has 5 N–H and O–H groups in total. The minimum Gasteiger partial charge on any atom is -0.394 e. The third-order valence-corrected chi connectivity index (χ3v) is 2.77. The molecule has 2 rings (SSSR count). The van der Waals surface area contributed by atoms with Gasteiger partial charge in [-0.15, -0.1) is 0 Å². The van der Waals surface area contributed by atoms with Gasteiger partial charge < -0.3 is 30.7 Å². The van der Waals surface area contributed by atoms with Crippen LogP contribution in [0.4, 0.5) is 4.39 Å². The molecule has 0 radical (unpaired) electrons. The number of aliphatic hydroxyl groups is 3. The molecule has 1 saturated heterocycles. The van der Waals surface area contributed by atoms with Crippen molar-refractivity contribution >= 4 is 5.84 Å². The van der Waals surface area contributed by atoms with E-state index in [1.165, 1.54) is 4.90 Å². The fourth-order valence-electron chi connectivity index (χ4n) is 1.79.